The molecule has 1 aliphatic rings. The number of rotatable bonds is 5. The zero-order valence-electron chi connectivity index (χ0n) is 13.3. The maximum absolute atomic E-state index is 9.33. The van der Waals surface area contributed by atoms with Crippen LogP contribution in [0.15, 0.2) is 22.8 Å². The van der Waals surface area contributed by atoms with Crippen molar-refractivity contribution < 1.29 is 9.74 Å². The first-order valence-electron chi connectivity index (χ1n) is 7.98. The summed E-state index contributed by atoms with van der Waals surface area (Å²) in [5.41, 5.74) is 2.82. The molecule has 6 heteroatoms. The minimum Gasteiger partial charge on any atom is -0.396 e. The molecule has 0 unspecified atom stereocenters. The molecule has 6 nitrogen and oxygen atoms in total. The van der Waals surface area contributed by atoms with Gasteiger partial charge in [-0.25, -0.2) is 4.63 Å². The lowest BCUT2D eigenvalue weighted by Gasteiger charge is -2.43. The number of hydrogen-bond donors (Lipinski definition) is 1. The normalized spacial score (nSPS) is 21.0. The van der Waals surface area contributed by atoms with Gasteiger partial charge in [0.1, 0.15) is 11.0 Å². The minimum atomic E-state index is 0.241. The van der Waals surface area contributed by atoms with Gasteiger partial charge in [0.15, 0.2) is 0 Å². The third-order valence-electron chi connectivity index (χ3n) is 4.50. The molecule has 2 aromatic rings. The van der Waals surface area contributed by atoms with Crippen molar-refractivity contribution in [2.24, 2.45) is 0 Å². The van der Waals surface area contributed by atoms with Crippen molar-refractivity contribution >= 4 is 11.0 Å². The van der Waals surface area contributed by atoms with E-state index in [2.05, 4.69) is 40.0 Å². The van der Waals surface area contributed by atoms with Gasteiger partial charge in [-0.2, -0.15) is 0 Å². The van der Waals surface area contributed by atoms with Crippen molar-refractivity contribution in [3.05, 3.63) is 23.8 Å². The summed E-state index contributed by atoms with van der Waals surface area (Å²) in [4.78, 5) is 4.92. The Balaban J connectivity index is 1.72. The molecule has 0 radical (unpaired) electrons. The molecule has 22 heavy (non-hydrogen) atoms. The quantitative estimate of drug-likeness (QED) is 0.903. The number of nitrogens with zero attached hydrogens (tertiary/aromatic N) is 4. The van der Waals surface area contributed by atoms with Crippen LogP contribution in [0.3, 0.4) is 0 Å². The highest BCUT2D eigenvalue weighted by Crippen LogP contribution is 2.21. The van der Waals surface area contributed by atoms with E-state index in [1.54, 1.807) is 0 Å². The van der Waals surface area contributed by atoms with Gasteiger partial charge >= 0.3 is 0 Å². The molecule has 0 bridgehead atoms. The van der Waals surface area contributed by atoms with Gasteiger partial charge in [-0.05, 0) is 42.2 Å². The van der Waals surface area contributed by atoms with Gasteiger partial charge in [0.2, 0.25) is 0 Å². The molecule has 3 rings (SSSR count). The van der Waals surface area contributed by atoms with E-state index in [9.17, 15) is 5.11 Å². The fourth-order valence-electron chi connectivity index (χ4n) is 3.39. The van der Waals surface area contributed by atoms with Crippen LogP contribution in [0.25, 0.3) is 11.0 Å². The molecule has 1 aromatic heterocycles. The molecule has 2 heterocycles. The van der Waals surface area contributed by atoms with E-state index < -0.39 is 0 Å². The number of aromatic nitrogens is 2. The average Bonchev–Trinajstić information content (AvgIpc) is 2.97. The van der Waals surface area contributed by atoms with Gasteiger partial charge in [0.05, 0.1) is 0 Å². The summed E-state index contributed by atoms with van der Waals surface area (Å²) in [5.74, 6) is 0. The molecular formula is C16H24N4O2. The third-order valence-corrected chi connectivity index (χ3v) is 4.50. The molecule has 0 saturated carbocycles. The summed E-state index contributed by atoms with van der Waals surface area (Å²) < 4.78 is 4.84. The van der Waals surface area contributed by atoms with E-state index in [4.69, 9.17) is 4.63 Å². The Morgan fingerprint density at radius 2 is 2.18 bits per heavy atom. The largest absolute Gasteiger partial charge is 0.396 e. The monoisotopic (exact) mass is 304 g/mol. The molecule has 120 valence electrons. The second-order valence-corrected chi connectivity index (χ2v) is 6.28. The van der Waals surface area contributed by atoms with Gasteiger partial charge in [0.25, 0.3) is 0 Å². The summed E-state index contributed by atoms with van der Waals surface area (Å²) in [6.07, 6.45) is 0.824. The predicted octanol–water partition coefficient (Wildman–Crippen LogP) is 1.50. The molecule has 1 saturated heterocycles. The zero-order valence-corrected chi connectivity index (χ0v) is 13.3. The summed E-state index contributed by atoms with van der Waals surface area (Å²) >= 11 is 0. The molecule has 0 amide bonds. The fraction of sp³-hybridized carbons (Fsp3) is 0.625. The second-order valence-electron chi connectivity index (χ2n) is 6.28. The lowest BCUT2D eigenvalue weighted by atomic mass is 10.1. The molecule has 0 spiro atoms. The highest BCUT2D eigenvalue weighted by Gasteiger charge is 2.28. The number of benzene rings is 1. The van der Waals surface area contributed by atoms with E-state index in [1.807, 2.05) is 12.1 Å². The topological polar surface area (TPSA) is 65.6 Å². The van der Waals surface area contributed by atoms with Crippen molar-refractivity contribution in [3.8, 4) is 0 Å². The van der Waals surface area contributed by atoms with Crippen molar-refractivity contribution in [2.45, 2.75) is 38.9 Å². The molecule has 1 N–H and O–H groups in total. The van der Waals surface area contributed by atoms with Crippen LogP contribution in [0.4, 0.5) is 0 Å². The number of fused-ring (bicyclic) bond motifs is 1. The lowest BCUT2D eigenvalue weighted by Crippen LogP contribution is -2.55. The molecule has 1 aromatic carbocycles. The van der Waals surface area contributed by atoms with Crippen LogP contribution in [-0.4, -0.2) is 63.5 Å². The van der Waals surface area contributed by atoms with Crippen molar-refractivity contribution in [3.63, 3.8) is 0 Å². The lowest BCUT2D eigenvalue weighted by molar-refractivity contribution is 0.0350. The predicted molar refractivity (Wildman–Crippen MR) is 84.4 cm³/mol. The van der Waals surface area contributed by atoms with Crippen molar-refractivity contribution in [1.29, 1.82) is 0 Å². The standard InChI is InChI=1S/C16H24N4O2/c1-12(2)20-8-7-19(11-14(20)6-9-21)10-13-4-3-5-15-16(13)18-22-17-15/h3-5,12,14,21H,6-11H2,1-2H3/t14-/m1/s1. The highest BCUT2D eigenvalue weighted by molar-refractivity contribution is 5.76. The van der Waals surface area contributed by atoms with Crippen molar-refractivity contribution in [1.82, 2.24) is 20.1 Å². The van der Waals surface area contributed by atoms with Crippen LogP contribution in [0, 0.1) is 0 Å². The minimum absolute atomic E-state index is 0.241. The first-order chi connectivity index (χ1) is 10.7. The highest BCUT2D eigenvalue weighted by atomic mass is 16.6. The van der Waals surface area contributed by atoms with Crippen LogP contribution < -0.4 is 0 Å². The van der Waals surface area contributed by atoms with Crippen LogP contribution in [0.2, 0.25) is 0 Å². The zero-order chi connectivity index (χ0) is 15.5. The third kappa shape index (κ3) is 3.14. The maximum Gasteiger partial charge on any atom is 0.139 e. The molecule has 0 aliphatic carbocycles. The van der Waals surface area contributed by atoms with Crippen LogP contribution >= 0.6 is 0 Å². The Labute approximate surface area is 130 Å². The summed E-state index contributed by atoms with van der Waals surface area (Å²) in [6.45, 7) is 8.57. The molecule has 1 fully saturated rings. The smallest absolute Gasteiger partial charge is 0.139 e. The van der Waals surface area contributed by atoms with E-state index in [-0.39, 0.29) is 6.61 Å². The Morgan fingerprint density at radius 3 is 2.95 bits per heavy atom. The first-order valence-corrected chi connectivity index (χ1v) is 7.98. The second kappa shape index (κ2) is 6.73. The maximum atomic E-state index is 9.33. The fourth-order valence-corrected chi connectivity index (χ4v) is 3.39. The van der Waals surface area contributed by atoms with E-state index >= 15 is 0 Å². The average molecular weight is 304 g/mol. The Bertz CT molecular complexity index is 613. The molecular weight excluding hydrogens is 280 g/mol. The van der Waals surface area contributed by atoms with Gasteiger partial charge < -0.3 is 5.11 Å². The summed E-state index contributed by atoms with van der Waals surface area (Å²) in [7, 11) is 0. The van der Waals surface area contributed by atoms with Crippen molar-refractivity contribution in [2.75, 3.05) is 26.2 Å². The van der Waals surface area contributed by atoms with E-state index in [1.165, 1.54) is 0 Å². The van der Waals surface area contributed by atoms with Gasteiger partial charge in [-0.15, -0.1) is 0 Å². The molecule has 1 atom stereocenters. The Morgan fingerprint density at radius 1 is 1.32 bits per heavy atom. The number of piperazine rings is 1. The van der Waals surface area contributed by atoms with Crippen LogP contribution in [0.1, 0.15) is 25.8 Å². The summed E-state index contributed by atoms with van der Waals surface area (Å²) in [6, 6.07) is 6.93. The van der Waals surface area contributed by atoms with Crippen LogP contribution in [-0.2, 0) is 6.54 Å². The number of aliphatic hydroxyl groups excluding tert-OH is 1. The van der Waals surface area contributed by atoms with Gasteiger partial charge in [-0.1, -0.05) is 12.1 Å². The van der Waals surface area contributed by atoms with Crippen LogP contribution in [0.5, 0.6) is 0 Å². The molecule has 1 aliphatic heterocycles. The van der Waals surface area contributed by atoms with Gasteiger partial charge in [0, 0.05) is 44.9 Å². The summed E-state index contributed by atoms with van der Waals surface area (Å²) in [5, 5.41) is 17.3. The van der Waals surface area contributed by atoms with E-state index in [0.717, 1.165) is 49.2 Å². The number of aliphatic hydroxyl groups is 1. The Kier molecular flexibility index (Phi) is 4.71. The van der Waals surface area contributed by atoms with E-state index in [0.29, 0.717) is 12.1 Å². The van der Waals surface area contributed by atoms with Gasteiger partial charge in [-0.3, -0.25) is 9.80 Å². The number of hydrogen-bond acceptors (Lipinski definition) is 6. The first kappa shape index (κ1) is 15.4. The Hall–Kier alpha value is -1.50. The SMILES string of the molecule is CC(C)N1CCN(Cc2cccc3nonc23)C[C@H]1CCO.